The number of hydrogen-bond donors (Lipinski definition) is 3. The number of hydrogen-bond acceptors (Lipinski definition) is 4. The van der Waals surface area contributed by atoms with Gasteiger partial charge in [-0.25, -0.2) is 13.1 Å². The van der Waals surface area contributed by atoms with Crippen molar-refractivity contribution in [3.8, 4) is 0 Å². The Morgan fingerprint density at radius 2 is 1.76 bits per heavy atom. The van der Waals surface area contributed by atoms with Gasteiger partial charge in [0.2, 0.25) is 10.0 Å². The second kappa shape index (κ2) is 7.77. The van der Waals surface area contributed by atoms with Gasteiger partial charge in [0.1, 0.15) is 4.90 Å². The van der Waals surface area contributed by atoms with E-state index in [4.69, 9.17) is 0 Å². The summed E-state index contributed by atoms with van der Waals surface area (Å²) in [5, 5.41) is 12.9. The number of aliphatic hydroxyl groups excluding tert-OH is 1. The highest BCUT2D eigenvalue weighted by Gasteiger charge is 2.19. The van der Waals surface area contributed by atoms with E-state index in [0.29, 0.717) is 24.6 Å². The fourth-order valence-electron chi connectivity index (χ4n) is 2.08. The lowest BCUT2D eigenvalue weighted by molar-refractivity contribution is 0.161. The summed E-state index contributed by atoms with van der Waals surface area (Å²) in [6.45, 7) is 7.95. The van der Waals surface area contributed by atoms with Crippen LogP contribution in [0.15, 0.2) is 29.2 Å². The third kappa shape index (κ3) is 6.03. The predicted octanol–water partition coefficient (Wildman–Crippen LogP) is 2.19. The molecule has 0 aliphatic heterocycles. The molecule has 0 radical (unpaired) electrons. The SMILES string of the molecule is CC(C)CC(O)CNc1ccccc1S(=O)(=O)NC(C)C. The Morgan fingerprint density at radius 3 is 2.33 bits per heavy atom. The summed E-state index contributed by atoms with van der Waals surface area (Å²) < 4.78 is 27.1. The van der Waals surface area contributed by atoms with Crippen molar-refractivity contribution < 1.29 is 13.5 Å². The monoisotopic (exact) mass is 314 g/mol. The van der Waals surface area contributed by atoms with Crippen molar-refractivity contribution in [3.05, 3.63) is 24.3 Å². The average Bonchev–Trinajstić information content (AvgIpc) is 2.34. The molecule has 0 fully saturated rings. The minimum absolute atomic E-state index is 0.172. The van der Waals surface area contributed by atoms with Crippen LogP contribution in [0.2, 0.25) is 0 Å². The van der Waals surface area contributed by atoms with E-state index in [0.717, 1.165) is 0 Å². The first-order chi connectivity index (χ1) is 9.72. The van der Waals surface area contributed by atoms with Crippen molar-refractivity contribution in [3.63, 3.8) is 0 Å². The Hall–Kier alpha value is -1.11. The van der Waals surface area contributed by atoms with E-state index < -0.39 is 16.1 Å². The minimum atomic E-state index is -3.56. The van der Waals surface area contributed by atoms with Gasteiger partial charge in [0.05, 0.1) is 11.8 Å². The van der Waals surface area contributed by atoms with Crippen LogP contribution in [-0.2, 0) is 10.0 Å². The molecule has 0 amide bonds. The molecule has 0 aliphatic carbocycles. The van der Waals surface area contributed by atoms with Gasteiger partial charge in [0.25, 0.3) is 0 Å². The van der Waals surface area contributed by atoms with Crippen molar-refractivity contribution >= 4 is 15.7 Å². The molecule has 21 heavy (non-hydrogen) atoms. The zero-order chi connectivity index (χ0) is 16.0. The standard InChI is InChI=1S/C15H26N2O3S/c1-11(2)9-13(18)10-16-14-7-5-6-8-15(14)21(19,20)17-12(3)4/h5-8,11-13,16-18H,9-10H2,1-4H3. The molecular formula is C15H26N2O3S. The Morgan fingerprint density at radius 1 is 1.14 bits per heavy atom. The third-order valence-corrected chi connectivity index (χ3v) is 4.56. The smallest absolute Gasteiger partial charge is 0.242 e. The Bertz CT molecular complexity index is 542. The zero-order valence-electron chi connectivity index (χ0n) is 13.1. The van der Waals surface area contributed by atoms with Crippen molar-refractivity contribution in [2.45, 2.75) is 51.2 Å². The fourth-order valence-corrected chi connectivity index (χ4v) is 3.51. The maximum atomic E-state index is 12.3. The van der Waals surface area contributed by atoms with E-state index in [-0.39, 0.29) is 10.9 Å². The highest BCUT2D eigenvalue weighted by atomic mass is 32.2. The molecule has 1 unspecified atom stereocenters. The van der Waals surface area contributed by atoms with E-state index in [1.165, 1.54) is 0 Å². The number of sulfonamides is 1. The molecule has 0 saturated carbocycles. The fraction of sp³-hybridized carbons (Fsp3) is 0.600. The van der Waals surface area contributed by atoms with Gasteiger partial charge in [-0.05, 0) is 38.3 Å². The quantitative estimate of drug-likeness (QED) is 0.687. The van der Waals surface area contributed by atoms with Crippen molar-refractivity contribution in [1.29, 1.82) is 0 Å². The molecule has 120 valence electrons. The maximum Gasteiger partial charge on any atom is 0.242 e. The van der Waals surface area contributed by atoms with E-state index in [2.05, 4.69) is 10.0 Å². The highest BCUT2D eigenvalue weighted by molar-refractivity contribution is 7.89. The van der Waals surface area contributed by atoms with Crippen LogP contribution in [0.1, 0.15) is 34.1 Å². The summed E-state index contributed by atoms with van der Waals surface area (Å²) in [6.07, 6.45) is 0.172. The van der Waals surface area contributed by atoms with Crippen LogP contribution < -0.4 is 10.0 Å². The largest absolute Gasteiger partial charge is 0.391 e. The number of rotatable bonds is 8. The molecule has 3 N–H and O–H groups in total. The first kappa shape index (κ1) is 17.9. The molecule has 5 nitrogen and oxygen atoms in total. The lowest BCUT2D eigenvalue weighted by Crippen LogP contribution is -2.31. The topological polar surface area (TPSA) is 78.4 Å². The van der Waals surface area contributed by atoms with Gasteiger partial charge in [-0.15, -0.1) is 0 Å². The minimum Gasteiger partial charge on any atom is -0.391 e. The van der Waals surface area contributed by atoms with Crippen LogP contribution in [0, 0.1) is 5.92 Å². The van der Waals surface area contributed by atoms with Crippen molar-refractivity contribution in [2.75, 3.05) is 11.9 Å². The number of nitrogens with one attached hydrogen (secondary N) is 2. The Kier molecular flexibility index (Phi) is 6.64. The molecule has 0 aliphatic rings. The van der Waals surface area contributed by atoms with Gasteiger partial charge in [-0.2, -0.15) is 0 Å². The van der Waals surface area contributed by atoms with Crippen LogP contribution in [0.3, 0.4) is 0 Å². The van der Waals surface area contributed by atoms with Crippen LogP contribution in [0.4, 0.5) is 5.69 Å². The van der Waals surface area contributed by atoms with Crippen molar-refractivity contribution in [1.82, 2.24) is 4.72 Å². The summed E-state index contributed by atoms with van der Waals surface area (Å²) in [4.78, 5) is 0.204. The zero-order valence-corrected chi connectivity index (χ0v) is 13.9. The van der Waals surface area contributed by atoms with Gasteiger partial charge in [-0.3, -0.25) is 0 Å². The van der Waals surface area contributed by atoms with E-state index in [1.54, 1.807) is 38.1 Å². The summed E-state index contributed by atoms with van der Waals surface area (Å²) >= 11 is 0. The number of anilines is 1. The maximum absolute atomic E-state index is 12.3. The normalized spacial score (nSPS) is 13.7. The number of para-hydroxylation sites is 1. The molecule has 0 heterocycles. The Balaban J connectivity index is 2.85. The lowest BCUT2D eigenvalue weighted by atomic mass is 10.1. The molecule has 0 bridgehead atoms. The lowest BCUT2D eigenvalue weighted by Gasteiger charge is -2.17. The number of benzene rings is 1. The Labute approximate surface area is 127 Å². The second-order valence-electron chi connectivity index (χ2n) is 5.94. The summed E-state index contributed by atoms with van der Waals surface area (Å²) in [5.41, 5.74) is 0.508. The first-order valence-electron chi connectivity index (χ1n) is 7.25. The third-order valence-electron chi connectivity index (χ3n) is 2.84. The molecule has 1 rings (SSSR count). The summed E-state index contributed by atoms with van der Waals surface area (Å²) in [6, 6.07) is 6.55. The van der Waals surface area contributed by atoms with Crippen LogP contribution >= 0.6 is 0 Å². The highest BCUT2D eigenvalue weighted by Crippen LogP contribution is 2.21. The molecule has 1 atom stereocenters. The van der Waals surface area contributed by atoms with Gasteiger partial charge in [0, 0.05) is 12.6 Å². The summed E-state index contributed by atoms with van der Waals surface area (Å²) in [5.74, 6) is 0.392. The van der Waals surface area contributed by atoms with Crippen LogP contribution in [-0.4, -0.2) is 32.2 Å². The van der Waals surface area contributed by atoms with Gasteiger partial charge in [0.15, 0.2) is 0 Å². The van der Waals surface area contributed by atoms with Crippen LogP contribution in [0.25, 0.3) is 0 Å². The van der Waals surface area contributed by atoms with E-state index in [1.807, 2.05) is 13.8 Å². The van der Waals surface area contributed by atoms with E-state index >= 15 is 0 Å². The molecule has 1 aromatic rings. The summed E-state index contributed by atoms with van der Waals surface area (Å²) in [7, 11) is -3.56. The molecule has 0 spiro atoms. The number of aliphatic hydroxyl groups is 1. The van der Waals surface area contributed by atoms with Gasteiger partial charge >= 0.3 is 0 Å². The first-order valence-corrected chi connectivity index (χ1v) is 8.74. The molecule has 0 saturated heterocycles. The van der Waals surface area contributed by atoms with E-state index in [9.17, 15) is 13.5 Å². The second-order valence-corrected chi connectivity index (χ2v) is 7.62. The molecule has 0 aromatic heterocycles. The van der Waals surface area contributed by atoms with Gasteiger partial charge in [-0.1, -0.05) is 26.0 Å². The van der Waals surface area contributed by atoms with Gasteiger partial charge < -0.3 is 10.4 Å². The molecular weight excluding hydrogens is 288 g/mol. The van der Waals surface area contributed by atoms with Crippen molar-refractivity contribution in [2.24, 2.45) is 5.92 Å². The molecule has 6 heteroatoms. The molecule has 1 aromatic carbocycles. The van der Waals surface area contributed by atoms with Crippen LogP contribution in [0.5, 0.6) is 0 Å². The average molecular weight is 314 g/mol. The predicted molar refractivity (Wildman–Crippen MR) is 85.9 cm³/mol.